The van der Waals surface area contributed by atoms with Gasteiger partial charge in [-0.15, -0.1) is 11.8 Å². The molecule has 0 spiro atoms. The number of piperidine rings is 1. The summed E-state index contributed by atoms with van der Waals surface area (Å²) in [6.45, 7) is 1.01. The molecule has 2 heterocycles. The maximum atomic E-state index is 12.7. The number of carbonyl (C=O) groups is 2. The number of nitrogens with zero attached hydrogens (tertiary/aromatic N) is 2. The average Bonchev–Trinajstić information content (AvgIpc) is 2.62. The molecule has 0 saturated carbocycles. The minimum Gasteiger partial charge on any atom is -0.369 e. The third-order valence-electron chi connectivity index (χ3n) is 4.31. The van der Waals surface area contributed by atoms with Crippen LogP contribution in [0.1, 0.15) is 12.8 Å². The number of fused-ring (bicyclic) bond motifs is 1. The van der Waals surface area contributed by atoms with Crippen molar-refractivity contribution < 1.29 is 9.59 Å². The Balaban J connectivity index is 1.86. The van der Waals surface area contributed by atoms with Gasteiger partial charge in [0.05, 0.1) is 17.1 Å². The number of likely N-dealkylation sites (tertiary alicyclic amines) is 1. The molecule has 1 aliphatic heterocycles. The van der Waals surface area contributed by atoms with E-state index in [1.165, 1.54) is 0 Å². The Morgan fingerprint density at radius 1 is 1.38 bits per heavy atom. The Labute approximate surface area is 144 Å². The van der Waals surface area contributed by atoms with Crippen molar-refractivity contribution in [1.29, 1.82) is 0 Å². The van der Waals surface area contributed by atoms with Gasteiger partial charge in [0.1, 0.15) is 0 Å². The van der Waals surface area contributed by atoms with Gasteiger partial charge in [0.2, 0.25) is 5.91 Å². The first-order valence-electron chi connectivity index (χ1n) is 7.87. The Hall–Kier alpha value is -2.28. The molecule has 0 radical (unpaired) electrons. The zero-order valence-corrected chi connectivity index (χ0v) is 14.3. The van der Waals surface area contributed by atoms with E-state index in [4.69, 9.17) is 5.73 Å². The first-order chi connectivity index (χ1) is 11.6. The summed E-state index contributed by atoms with van der Waals surface area (Å²) >= 11 is 1.57. The van der Waals surface area contributed by atoms with Gasteiger partial charge in [-0.1, -0.05) is 0 Å². The van der Waals surface area contributed by atoms with Crippen molar-refractivity contribution in [3.05, 3.63) is 30.5 Å². The lowest BCUT2D eigenvalue weighted by Gasteiger charge is -2.31. The van der Waals surface area contributed by atoms with Crippen LogP contribution in [-0.4, -0.2) is 41.2 Å². The van der Waals surface area contributed by atoms with Gasteiger partial charge in [0, 0.05) is 29.6 Å². The van der Waals surface area contributed by atoms with Gasteiger partial charge in [0.15, 0.2) is 0 Å². The number of pyridine rings is 1. The fourth-order valence-corrected chi connectivity index (χ4v) is 3.58. The Kier molecular flexibility index (Phi) is 4.89. The number of nitrogens with one attached hydrogen (secondary N) is 1. The second kappa shape index (κ2) is 7.09. The molecule has 7 heteroatoms. The number of urea groups is 1. The number of thioether (sulfide) groups is 1. The van der Waals surface area contributed by atoms with Crippen molar-refractivity contribution in [2.24, 2.45) is 11.7 Å². The standard InChI is InChI=1S/C17H20N4O2S/c1-24-14-7-6-13-12(5-2-8-19-13)15(14)20-17(23)21-9-3-4-11(10-21)16(18)22/h2,5-8,11H,3-4,9-10H2,1H3,(H2,18,22)(H,20,23)/t11-/m0/s1. The van der Waals surface area contributed by atoms with Crippen LogP contribution in [0, 0.1) is 5.92 Å². The van der Waals surface area contributed by atoms with Crippen LogP contribution >= 0.6 is 11.8 Å². The molecule has 2 aromatic rings. The quantitative estimate of drug-likeness (QED) is 0.838. The third-order valence-corrected chi connectivity index (χ3v) is 5.09. The maximum absolute atomic E-state index is 12.7. The Morgan fingerprint density at radius 3 is 2.96 bits per heavy atom. The highest BCUT2D eigenvalue weighted by atomic mass is 32.2. The maximum Gasteiger partial charge on any atom is 0.321 e. The smallest absolute Gasteiger partial charge is 0.321 e. The molecule has 1 fully saturated rings. The minimum absolute atomic E-state index is 0.201. The molecule has 1 saturated heterocycles. The summed E-state index contributed by atoms with van der Waals surface area (Å²) in [5, 5.41) is 3.91. The molecule has 1 aromatic carbocycles. The molecule has 1 aliphatic rings. The molecule has 24 heavy (non-hydrogen) atoms. The number of primary amides is 1. The number of amides is 3. The summed E-state index contributed by atoms with van der Waals surface area (Å²) in [5.41, 5.74) is 6.99. The van der Waals surface area contributed by atoms with Crippen LogP contribution < -0.4 is 11.1 Å². The average molecular weight is 344 g/mol. The van der Waals surface area contributed by atoms with Crippen LogP contribution in [0.2, 0.25) is 0 Å². The first-order valence-corrected chi connectivity index (χ1v) is 9.09. The van der Waals surface area contributed by atoms with Gasteiger partial charge in [-0.25, -0.2) is 4.79 Å². The molecule has 3 N–H and O–H groups in total. The molecule has 126 valence electrons. The summed E-state index contributed by atoms with van der Waals surface area (Å²) in [6.07, 6.45) is 5.23. The molecule has 6 nitrogen and oxygen atoms in total. The van der Waals surface area contributed by atoms with Crippen molar-refractivity contribution >= 4 is 40.3 Å². The zero-order chi connectivity index (χ0) is 17.1. The molecule has 3 rings (SSSR count). The minimum atomic E-state index is -0.341. The van der Waals surface area contributed by atoms with E-state index in [1.54, 1.807) is 22.9 Å². The lowest BCUT2D eigenvalue weighted by molar-refractivity contribution is -0.123. The predicted octanol–water partition coefficient (Wildman–Crippen LogP) is 2.69. The highest BCUT2D eigenvalue weighted by Gasteiger charge is 2.27. The second-order valence-electron chi connectivity index (χ2n) is 5.83. The zero-order valence-electron chi connectivity index (χ0n) is 13.5. The predicted molar refractivity (Wildman–Crippen MR) is 96.0 cm³/mol. The van der Waals surface area contributed by atoms with Gasteiger partial charge in [-0.2, -0.15) is 0 Å². The van der Waals surface area contributed by atoms with E-state index in [2.05, 4.69) is 10.3 Å². The summed E-state index contributed by atoms with van der Waals surface area (Å²) in [7, 11) is 0. The summed E-state index contributed by atoms with van der Waals surface area (Å²) in [4.78, 5) is 31.1. The van der Waals surface area contributed by atoms with Crippen molar-refractivity contribution in [1.82, 2.24) is 9.88 Å². The van der Waals surface area contributed by atoms with E-state index in [0.717, 1.165) is 34.3 Å². The van der Waals surface area contributed by atoms with Crippen LogP contribution in [0.5, 0.6) is 0 Å². The lowest BCUT2D eigenvalue weighted by Crippen LogP contribution is -2.45. The number of anilines is 1. The van der Waals surface area contributed by atoms with Gasteiger partial charge in [-0.05, 0) is 43.4 Å². The second-order valence-corrected chi connectivity index (χ2v) is 6.68. The largest absolute Gasteiger partial charge is 0.369 e. The molecular weight excluding hydrogens is 324 g/mol. The number of rotatable bonds is 3. The number of hydrogen-bond acceptors (Lipinski definition) is 4. The van der Waals surface area contributed by atoms with E-state index in [0.29, 0.717) is 13.1 Å². The molecule has 1 atom stereocenters. The van der Waals surface area contributed by atoms with Crippen LogP contribution in [0.25, 0.3) is 10.9 Å². The molecule has 0 bridgehead atoms. The van der Waals surface area contributed by atoms with Gasteiger partial charge < -0.3 is 16.0 Å². The number of aromatic nitrogens is 1. The molecule has 0 unspecified atom stereocenters. The summed E-state index contributed by atoms with van der Waals surface area (Å²) < 4.78 is 0. The molecule has 3 amide bonds. The van der Waals surface area contributed by atoms with Crippen LogP contribution in [0.3, 0.4) is 0 Å². The van der Waals surface area contributed by atoms with Crippen LogP contribution in [0.15, 0.2) is 35.4 Å². The highest BCUT2D eigenvalue weighted by molar-refractivity contribution is 7.98. The number of carbonyl (C=O) groups excluding carboxylic acids is 2. The fraction of sp³-hybridized carbons (Fsp3) is 0.353. The van der Waals surface area contributed by atoms with E-state index in [1.807, 2.05) is 30.5 Å². The third kappa shape index (κ3) is 3.31. The van der Waals surface area contributed by atoms with Crippen molar-refractivity contribution in [2.45, 2.75) is 17.7 Å². The Morgan fingerprint density at radius 2 is 2.21 bits per heavy atom. The van der Waals surface area contributed by atoms with Crippen molar-refractivity contribution in [2.75, 3.05) is 24.7 Å². The number of hydrogen-bond donors (Lipinski definition) is 2. The summed E-state index contributed by atoms with van der Waals surface area (Å²) in [5.74, 6) is -0.606. The van der Waals surface area contributed by atoms with E-state index in [-0.39, 0.29) is 17.9 Å². The van der Waals surface area contributed by atoms with Crippen LogP contribution in [-0.2, 0) is 4.79 Å². The number of benzene rings is 1. The molecular formula is C17H20N4O2S. The topological polar surface area (TPSA) is 88.3 Å². The monoisotopic (exact) mass is 344 g/mol. The fourth-order valence-electron chi connectivity index (χ4n) is 3.01. The lowest BCUT2D eigenvalue weighted by atomic mass is 9.98. The van der Waals surface area contributed by atoms with E-state index in [9.17, 15) is 9.59 Å². The van der Waals surface area contributed by atoms with Crippen LogP contribution in [0.4, 0.5) is 10.5 Å². The van der Waals surface area contributed by atoms with Gasteiger partial charge in [-0.3, -0.25) is 9.78 Å². The number of nitrogens with two attached hydrogens (primary N) is 1. The summed E-state index contributed by atoms with van der Waals surface area (Å²) in [6, 6.07) is 7.50. The van der Waals surface area contributed by atoms with E-state index >= 15 is 0 Å². The molecule has 0 aliphatic carbocycles. The van der Waals surface area contributed by atoms with Gasteiger partial charge >= 0.3 is 6.03 Å². The van der Waals surface area contributed by atoms with Crippen molar-refractivity contribution in [3.8, 4) is 0 Å². The highest BCUT2D eigenvalue weighted by Crippen LogP contribution is 2.32. The Bertz CT molecular complexity index is 780. The van der Waals surface area contributed by atoms with Gasteiger partial charge in [0.25, 0.3) is 0 Å². The van der Waals surface area contributed by atoms with E-state index < -0.39 is 0 Å². The normalized spacial score (nSPS) is 17.7. The first kappa shape index (κ1) is 16.6. The molecule has 1 aromatic heterocycles. The van der Waals surface area contributed by atoms with Crippen molar-refractivity contribution in [3.63, 3.8) is 0 Å². The SMILES string of the molecule is CSc1ccc2ncccc2c1NC(=O)N1CCC[C@H](C(N)=O)C1.